The summed E-state index contributed by atoms with van der Waals surface area (Å²) in [5.41, 5.74) is 12.4. The summed E-state index contributed by atoms with van der Waals surface area (Å²) in [5.74, 6) is -0.269. The van der Waals surface area contributed by atoms with Crippen LogP contribution < -0.4 is 16.8 Å². The number of nitrogens with zero attached hydrogens (tertiary/aromatic N) is 2. The highest BCUT2D eigenvalue weighted by Gasteiger charge is 2.20. The van der Waals surface area contributed by atoms with Gasteiger partial charge in [0, 0.05) is 4.88 Å². The summed E-state index contributed by atoms with van der Waals surface area (Å²) < 4.78 is 0. The average Bonchev–Trinajstić information content (AvgIpc) is 2.89. The van der Waals surface area contributed by atoms with Crippen molar-refractivity contribution in [1.29, 1.82) is 0 Å². The maximum Gasteiger partial charge on any atom is 0.236 e. The van der Waals surface area contributed by atoms with Gasteiger partial charge in [0.1, 0.15) is 10.6 Å². The molecule has 5 N–H and O–H groups in total. The minimum absolute atomic E-state index is 0.114. The van der Waals surface area contributed by atoms with Gasteiger partial charge in [-0.25, -0.2) is 9.97 Å². The van der Waals surface area contributed by atoms with Gasteiger partial charge >= 0.3 is 0 Å². The highest BCUT2D eigenvalue weighted by atomic mass is 32.2. The van der Waals surface area contributed by atoms with Crippen LogP contribution in [0.4, 0.5) is 5.82 Å². The van der Waals surface area contributed by atoms with Crippen LogP contribution in [0.3, 0.4) is 0 Å². The summed E-state index contributed by atoms with van der Waals surface area (Å²) in [6.07, 6.45) is 4.49. The Balaban J connectivity index is 1.75. The van der Waals surface area contributed by atoms with Gasteiger partial charge in [-0.1, -0.05) is 11.8 Å². The predicted octanol–water partition coefficient (Wildman–Crippen LogP) is 0.846. The number of nitrogen functional groups attached to an aromatic ring is 1. The van der Waals surface area contributed by atoms with Gasteiger partial charge in [0.05, 0.1) is 17.7 Å². The zero-order valence-corrected chi connectivity index (χ0v) is 14.1. The Kier molecular flexibility index (Phi) is 4.67. The van der Waals surface area contributed by atoms with Gasteiger partial charge in [-0.15, -0.1) is 11.3 Å². The van der Waals surface area contributed by atoms with E-state index in [0.717, 1.165) is 23.1 Å². The summed E-state index contributed by atoms with van der Waals surface area (Å²) in [7, 11) is 0. The number of thiophene rings is 1. The molecule has 1 aliphatic carbocycles. The van der Waals surface area contributed by atoms with Crippen LogP contribution in [0.5, 0.6) is 0 Å². The van der Waals surface area contributed by atoms with E-state index in [0.29, 0.717) is 11.0 Å². The first-order chi connectivity index (χ1) is 11.0. The van der Waals surface area contributed by atoms with Crippen LogP contribution in [0, 0.1) is 0 Å². The summed E-state index contributed by atoms with van der Waals surface area (Å²) in [6.45, 7) is -0.168. The number of aryl methyl sites for hydroxylation is 2. The summed E-state index contributed by atoms with van der Waals surface area (Å²) >= 11 is 2.87. The van der Waals surface area contributed by atoms with Gasteiger partial charge in [0.15, 0.2) is 5.16 Å². The van der Waals surface area contributed by atoms with Crippen LogP contribution in [0.1, 0.15) is 23.3 Å². The fourth-order valence-corrected chi connectivity index (χ4v) is 4.60. The number of thioether (sulfide) groups is 1. The number of nitrogens with one attached hydrogen (secondary N) is 1. The molecule has 9 heteroatoms. The second kappa shape index (κ2) is 6.71. The minimum Gasteiger partial charge on any atom is -0.383 e. The maximum absolute atomic E-state index is 11.6. The topological polar surface area (TPSA) is 124 Å². The first-order valence-corrected chi connectivity index (χ1v) is 9.10. The largest absolute Gasteiger partial charge is 0.383 e. The van der Waals surface area contributed by atoms with Gasteiger partial charge in [0.2, 0.25) is 11.8 Å². The second-order valence-corrected chi connectivity index (χ2v) is 7.34. The van der Waals surface area contributed by atoms with Gasteiger partial charge in [-0.2, -0.15) is 0 Å². The number of primary amides is 1. The summed E-state index contributed by atoms with van der Waals surface area (Å²) in [5, 5.41) is 3.88. The van der Waals surface area contributed by atoms with Crippen molar-refractivity contribution in [1.82, 2.24) is 15.3 Å². The van der Waals surface area contributed by atoms with E-state index < -0.39 is 5.91 Å². The Morgan fingerprint density at radius 1 is 1.26 bits per heavy atom. The van der Waals surface area contributed by atoms with E-state index in [1.165, 1.54) is 35.0 Å². The standard InChI is InChI=1S/C14H17N5O2S2/c15-9(20)5-17-10(21)6-22-14-18-12(16)11-7-3-1-2-4-8(7)23-13(11)19-14/h1-6H2,(H2,15,20)(H,17,21)(H2,16,18,19). The molecule has 2 heterocycles. The van der Waals surface area contributed by atoms with Gasteiger partial charge < -0.3 is 16.8 Å². The molecule has 0 saturated carbocycles. The number of hydrogen-bond acceptors (Lipinski definition) is 7. The van der Waals surface area contributed by atoms with Gasteiger partial charge in [0.25, 0.3) is 0 Å². The number of aromatic nitrogens is 2. The van der Waals surface area contributed by atoms with Crippen molar-refractivity contribution in [2.24, 2.45) is 5.73 Å². The molecule has 3 rings (SSSR count). The first-order valence-electron chi connectivity index (χ1n) is 7.30. The number of hydrogen-bond donors (Lipinski definition) is 3. The van der Waals surface area contributed by atoms with Crippen molar-refractivity contribution in [3.63, 3.8) is 0 Å². The molecular formula is C14H17N5O2S2. The molecule has 0 aliphatic heterocycles. The molecular weight excluding hydrogens is 334 g/mol. The van der Waals surface area contributed by atoms with Crippen molar-refractivity contribution >= 4 is 50.9 Å². The number of anilines is 1. The smallest absolute Gasteiger partial charge is 0.236 e. The molecule has 0 saturated heterocycles. The lowest BCUT2D eigenvalue weighted by Gasteiger charge is -2.10. The van der Waals surface area contributed by atoms with Crippen molar-refractivity contribution in [2.75, 3.05) is 18.0 Å². The zero-order chi connectivity index (χ0) is 16.4. The summed E-state index contributed by atoms with van der Waals surface area (Å²) in [6, 6.07) is 0. The molecule has 7 nitrogen and oxygen atoms in total. The number of nitrogens with two attached hydrogens (primary N) is 2. The predicted molar refractivity (Wildman–Crippen MR) is 91.4 cm³/mol. The maximum atomic E-state index is 11.6. The van der Waals surface area contributed by atoms with E-state index in [4.69, 9.17) is 11.5 Å². The normalized spacial score (nSPS) is 13.7. The molecule has 2 aromatic rings. The van der Waals surface area contributed by atoms with Crippen LogP contribution in [-0.2, 0) is 22.4 Å². The number of carbonyl (C=O) groups is 2. The molecule has 0 atom stereocenters. The molecule has 1 aliphatic rings. The van der Waals surface area contributed by atoms with Crippen LogP contribution in [0.25, 0.3) is 10.2 Å². The number of rotatable bonds is 5. The Morgan fingerprint density at radius 3 is 2.83 bits per heavy atom. The van der Waals surface area contributed by atoms with E-state index in [1.54, 1.807) is 11.3 Å². The number of carbonyl (C=O) groups excluding carboxylic acids is 2. The van der Waals surface area contributed by atoms with Gasteiger partial charge in [-0.3, -0.25) is 9.59 Å². The quantitative estimate of drug-likeness (QED) is 0.542. The molecule has 23 heavy (non-hydrogen) atoms. The zero-order valence-electron chi connectivity index (χ0n) is 12.4. The first kappa shape index (κ1) is 16.0. The van der Waals surface area contributed by atoms with Crippen LogP contribution in [0.15, 0.2) is 5.16 Å². The third-order valence-electron chi connectivity index (χ3n) is 3.61. The lowest BCUT2D eigenvalue weighted by atomic mass is 9.97. The molecule has 0 bridgehead atoms. The fourth-order valence-electron chi connectivity index (χ4n) is 2.60. The third kappa shape index (κ3) is 3.56. The SMILES string of the molecule is NC(=O)CNC(=O)CSc1nc(N)c2c3c(sc2n1)CCCC3. The Hall–Kier alpha value is -1.87. The highest BCUT2D eigenvalue weighted by molar-refractivity contribution is 7.99. The van der Waals surface area contributed by atoms with E-state index in [-0.39, 0.29) is 18.2 Å². The Bertz CT molecular complexity index is 774. The highest BCUT2D eigenvalue weighted by Crippen LogP contribution is 2.38. The van der Waals surface area contributed by atoms with Crippen molar-refractivity contribution < 1.29 is 9.59 Å². The lowest BCUT2D eigenvalue weighted by Crippen LogP contribution is -2.34. The van der Waals surface area contributed by atoms with E-state index in [1.807, 2.05) is 0 Å². The molecule has 0 spiro atoms. The number of fused-ring (bicyclic) bond motifs is 3. The molecule has 2 aromatic heterocycles. The van der Waals surface area contributed by atoms with Crippen molar-refractivity contribution in [2.45, 2.75) is 30.8 Å². The minimum atomic E-state index is -0.575. The molecule has 0 aromatic carbocycles. The van der Waals surface area contributed by atoms with Crippen molar-refractivity contribution in [3.05, 3.63) is 10.4 Å². The third-order valence-corrected chi connectivity index (χ3v) is 5.65. The molecule has 0 fully saturated rings. The fraction of sp³-hybridized carbons (Fsp3) is 0.429. The van der Waals surface area contributed by atoms with Crippen molar-refractivity contribution in [3.8, 4) is 0 Å². The molecule has 122 valence electrons. The van der Waals surface area contributed by atoms with Crippen LogP contribution >= 0.6 is 23.1 Å². The Morgan fingerprint density at radius 2 is 2.04 bits per heavy atom. The average molecular weight is 351 g/mol. The van der Waals surface area contributed by atoms with Crippen LogP contribution in [-0.4, -0.2) is 34.1 Å². The molecule has 0 unspecified atom stereocenters. The Labute approximate surface area is 141 Å². The molecule has 0 radical (unpaired) electrons. The van der Waals surface area contributed by atoms with E-state index in [9.17, 15) is 9.59 Å². The van der Waals surface area contributed by atoms with Gasteiger partial charge in [-0.05, 0) is 31.2 Å². The monoisotopic (exact) mass is 351 g/mol. The van der Waals surface area contributed by atoms with E-state index in [2.05, 4.69) is 15.3 Å². The van der Waals surface area contributed by atoms with Crippen LogP contribution in [0.2, 0.25) is 0 Å². The summed E-state index contributed by atoms with van der Waals surface area (Å²) in [4.78, 5) is 33.3. The molecule has 2 amide bonds. The lowest BCUT2D eigenvalue weighted by molar-refractivity contribution is -0.123. The second-order valence-electron chi connectivity index (χ2n) is 5.31. The number of amides is 2. The van der Waals surface area contributed by atoms with E-state index >= 15 is 0 Å².